The Hall–Kier alpha value is -0.690. The number of piperidine rings is 1. The summed E-state index contributed by atoms with van der Waals surface area (Å²) in [6, 6.07) is 3.33. The maximum atomic E-state index is 13.0. The van der Waals surface area contributed by atoms with Crippen LogP contribution in [0.2, 0.25) is 5.02 Å². The lowest BCUT2D eigenvalue weighted by Crippen LogP contribution is -2.40. The number of hydrogen-bond donors (Lipinski definition) is 1. The van der Waals surface area contributed by atoms with Crippen molar-refractivity contribution in [1.82, 2.24) is 4.31 Å². The van der Waals surface area contributed by atoms with Crippen LogP contribution in [0, 0.1) is 11.7 Å². The van der Waals surface area contributed by atoms with Crippen molar-refractivity contribution in [1.29, 1.82) is 0 Å². The Morgan fingerprint density at radius 1 is 1.37 bits per heavy atom. The molecule has 0 amide bonds. The lowest BCUT2D eigenvalue weighted by Gasteiger charge is -2.30. The van der Waals surface area contributed by atoms with Gasteiger partial charge in [-0.3, -0.25) is 0 Å². The van der Waals surface area contributed by atoms with Crippen LogP contribution in [0.3, 0.4) is 0 Å². The molecule has 0 atom stereocenters. The first-order valence-corrected chi connectivity index (χ1v) is 7.92. The summed E-state index contributed by atoms with van der Waals surface area (Å²) in [5.41, 5.74) is 5.58. The van der Waals surface area contributed by atoms with E-state index in [4.69, 9.17) is 17.3 Å². The van der Waals surface area contributed by atoms with Gasteiger partial charge in [0.15, 0.2) is 0 Å². The summed E-state index contributed by atoms with van der Waals surface area (Å²) in [5, 5.41) is -0.0825. The zero-order chi connectivity index (χ0) is 14.0. The van der Waals surface area contributed by atoms with Crippen molar-refractivity contribution in [2.24, 2.45) is 11.7 Å². The molecule has 0 bridgehead atoms. The van der Waals surface area contributed by atoms with Crippen LogP contribution in [0.25, 0.3) is 0 Å². The summed E-state index contributed by atoms with van der Waals surface area (Å²) in [7, 11) is -3.65. The molecule has 0 saturated carbocycles. The van der Waals surface area contributed by atoms with E-state index in [0.29, 0.717) is 25.6 Å². The van der Waals surface area contributed by atoms with Crippen molar-refractivity contribution in [3.05, 3.63) is 29.0 Å². The van der Waals surface area contributed by atoms with Gasteiger partial charge in [-0.1, -0.05) is 11.6 Å². The molecule has 0 spiro atoms. The van der Waals surface area contributed by atoms with Crippen molar-refractivity contribution >= 4 is 21.6 Å². The largest absolute Gasteiger partial charge is 0.330 e. The molecule has 2 rings (SSSR count). The number of benzene rings is 1. The number of nitrogens with two attached hydrogens (primary N) is 1. The van der Waals surface area contributed by atoms with Crippen LogP contribution in [0.1, 0.15) is 12.8 Å². The molecule has 1 heterocycles. The third kappa shape index (κ3) is 3.08. The van der Waals surface area contributed by atoms with Gasteiger partial charge in [0.1, 0.15) is 10.7 Å². The summed E-state index contributed by atoms with van der Waals surface area (Å²) >= 11 is 5.82. The molecule has 1 fully saturated rings. The maximum Gasteiger partial charge on any atom is 0.244 e. The summed E-state index contributed by atoms with van der Waals surface area (Å²) in [6.07, 6.45) is 1.49. The number of halogens is 2. The topological polar surface area (TPSA) is 63.4 Å². The van der Waals surface area contributed by atoms with Crippen LogP contribution in [0.5, 0.6) is 0 Å². The molecular formula is C12H16ClFN2O2S. The molecule has 2 N–H and O–H groups in total. The molecule has 1 saturated heterocycles. The van der Waals surface area contributed by atoms with Crippen molar-refractivity contribution in [2.75, 3.05) is 19.6 Å². The molecule has 1 aliphatic rings. The quantitative estimate of drug-likeness (QED) is 0.927. The van der Waals surface area contributed by atoms with E-state index in [2.05, 4.69) is 0 Å². The zero-order valence-corrected chi connectivity index (χ0v) is 11.9. The Morgan fingerprint density at radius 2 is 2.00 bits per heavy atom. The Kier molecular flexibility index (Phi) is 4.45. The highest BCUT2D eigenvalue weighted by molar-refractivity contribution is 7.89. The Bertz CT molecular complexity index is 557. The van der Waals surface area contributed by atoms with Crippen molar-refractivity contribution in [2.45, 2.75) is 17.7 Å². The highest BCUT2D eigenvalue weighted by Gasteiger charge is 2.30. The predicted molar refractivity (Wildman–Crippen MR) is 71.9 cm³/mol. The average molecular weight is 307 g/mol. The molecule has 1 aliphatic heterocycles. The third-order valence-corrected chi connectivity index (χ3v) is 5.80. The maximum absolute atomic E-state index is 13.0. The van der Waals surface area contributed by atoms with Gasteiger partial charge in [-0.15, -0.1) is 0 Å². The SMILES string of the molecule is NCC1CCN(S(=O)(=O)c2ccc(F)cc2Cl)CC1. The van der Waals surface area contributed by atoms with E-state index in [1.54, 1.807) is 0 Å². The molecule has 4 nitrogen and oxygen atoms in total. The van der Waals surface area contributed by atoms with Crippen molar-refractivity contribution in [3.8, 4) is 0 Å². The predicted octanol–water partition coefficient (Wildman–Crippen LogP) is 1.84. The molecular weight excluding hydrogens is 291 g/mol. The average Bonchev–Trinajstić information content (AvgIpc) is 2.38. The van der Waals surface area contributed by atoms with E-state index >= 15 is 0 Å². The summed E-state index contributed by atoms with van der Waals surface area (Å²) in [6.45, 7) is 1.43. The standard InChI is InChI=1S/C12H16ClFN2O2S/c13-11-7-10(14)1-2-12(11)19(17,18)16-5-3-9(8-15)4-6-16/h1-2,7,9H,3-6,8,15H2. The normalized spacial score (nSPS) is 18.7. The van der Waals surface area contributed by atoms with Crippen LogP contribution < -0.4 is 5.73 Å². The van der Waals surface area contributed by atoms with Crippen molar-refractivity contribution < 1.29 is 12.8 Å². The third-order valence-electron chi connectivity index (χ3n) is 3.42. The Balaban J connectivity index is 2.23. The van der Waals surface area contributed by atoms with Crippen LogP contribution in [0.4, 0.5) is 4.39 Å². The second-order valence-electron chi connectivity index (χ2n) is 4.66. The van der Waals surface area contributed by atoms with Crippen LogP contribution in [-0.4, -0.2) is 32.4 Å². The first-order chi connectivity index (χ1) is 8.95. The van der Waals surface area contributed by atoms with E-state index in [1.807, 2.05) is 0 Å². The molecule has 0 aliphatic carbocycles. The lowest BCUT2D eigenvalue weighted by molar-refractivity contribution is 0.278. The van der Waals surface area contributed by atoms with Gasteiger partial charge in [0, 0.05) is 13.1 Å². The fourth-order valence-corrected chi connectivity index (χ4v) is 4.18. The summed E-state index contributed by atoms with van der Waals surface area (Å²) < 4.78 is 39.2. The number of nitrogens with zero attached hydrogens (tertiary/aromatic N) is 1. The molecule has 0 unspecified atom stereocenters. The summed E-state index contributed by atoms with van der Waals surface area (Å²) in [4.78, 5) is -0.0400. The second-order valence-corrected chi connectivity index (χ2v) is 6.97. The van der Waals surface area contributed by atoms with Gasteiger partial charge < -0.3 is 5.73 Å². The minimum Gasteiger partial charge on any atom is -0.330 e. The van der Waals surface area contributed by atoms with Gasteiger partial charge in [-0.25, -0.2) is 12.8 Å². The first kappa shape index (κ1) is 14.7. The fraction of sp³-hybridized carbons (Fsp3) is 0.500. The molecule has 1 aromatic rings. The van der Waals surface area contributed by atoms with Crippen LogP contribution in [-0.2, 0) is 10.0 Å². The van der Waals surface area contributed by atoms with Crippen LogP contribution in [0.15, 0.2) is 23.1 Å². The molecule has 106 valence electrons. The van der Waals surface area contributed by atoms with Gasteiger partial charge in [-0.05, 0) is 43.5 Å². The van der Waals surface area contributed by atoms with E-state index in [1.165, 1.54) is 10.4 Å². The Labute approximate surface area is 117 Å². The number of hydrogen-bond acceptors (Lipinski definition) is 3. The second kappa shape index (κ2) is 5.75. The molecule has 0 aromatic heterocycles. The van der Waals surface area contributed by atoms with Gasteiger partial charge in [0.2, 0.25) is 10.0 Å². The van der Waals surface area contributed by atoms with Crippen molar-refractivity contribution in [3.63, 3.8) is 0 Å². The first-order valence-electron chi connectivity index (χ1n) is 6.10. The molecule has 0 radical (unpaired) electrons. The van der Waals surface area contributed by atoms with E-state index in [9.17, 15) is 12.8 Å². The fourth-order valence-electron chi connectivity index (χ4n) is 2.21. The monoisotopic (exact) mass is 306 g/mol. The van der Waals surface area contributed by atoms with E-state index in [0.717, 1.165) is 25.0 Å². The minimum atomic E-state index is -3.65. The number of rotatable bonds is 3. The zero-order valence-electron chi connectivity index (χ0n) is 10.4. The highest BCUT2D eigenvalue weighted by atomic mass is 35.5. The van der Waals surface area contributed by atoms with E-state index < -0.39 is 15.8 Å². The Morgan fingerprint density at radius 3 is 2.53 bits per heavy atom. The minimum absolute atomic E-state index is 0.0400. The van der Waals surface area contributed by atoms with Gasteiger partial charge in [-0.2, -0.15) is 4.31 Å². The van der Waals surface area contributed by atoms with E-state index in [-0.39, 0.29) is 9.92 Å². The molecule has 19 heavy (non-hydrogen) atoms. The molecule has 7 heteroatoms. The number of sulfonamides is 1. The smallest absolute Gasteiger partial charge is 0.244 e. The van der Waals surface area contributed by atoms with Gasteiger partial charge in [0.05, 0.1) is 5.02 Å². The van der Waals surface area contributed by atoms with Crippen LogP contribution >= 0.6 is 11.6 Å². The highest BCUT2D eigenvalue weighted by Crippen LogP contribution is 2.28. The molecule has 1 aromatic carbocycles. The lowest BCUT2D eigenvalue weighted by atomic mass is 9.99. The van der Waals surface area contributed by atoms with Gasteiger partial charge in [0.25, 0.3) is 0 Å². The van der Waals surface area contributed by atoms with Gasteiger partial charge >= 0.3 is 0 Å². The summed E-state index contributed by atoms with van der Waals surface area (Å²) in [5.74, 6) is -0.180.